The number of halogens is 4. The van der Waals surface area contributed by atoms with Crippen LogP contribution in [0.4, 0.5) is 0 Å². The summed E-state index contributed by atoms with van der Waals surface area (Å²) < 4.78 is -1.70. The van der Waals surface area contributed by atoms with Gasteiger partial charge in [-0.2, -0.15) is 0 Å². The Labute approximate surface area is 126 Å². The molecule has 1 aromatic carbocycles. The van der Waals surface area contributed by atoms with Crippen molar-refractivity contribution in [1.29, 1.82) is 0 Å². The average Bonchev–Trinajstić information content (AvgIpc) is 2.38. The highest BCUT2D eigenvalue weighted by atomic mass is 35.6. The molecule has 1 nitrogen and oxygen atoms in total. The molecule has 1 atom stereocenters. The number of hydrogen-bond acceptors (Lipinski definition) is 1. The maximum atomic E-state index is 6.63. The van der Waals surface area contributed by atoms with E-state index in [9.17, 15) is 0 Å². The summed E-state index contributed by atoms with van der Waals surface area (Å²) in [5.41, 5.74) is 1.34. The van der Waals surface area contributed by atoms with Gasteiger partial charge in [-0.25, -0.2) is 0 Å². The van der Waals surface area contributed by atoms with Crippen molar-refractivity contribution in [3.05, 3.63) is 66.0 Å². The minimum absolute atomic E-state index is 0.637. The first kappa shape index (κ1) is 14.0. The number of nitrogens with zero attached hydrogens (tertiary/aromatic N) is 1. The third-order valence-electron chi connectivity index (χ3n) is 2.62. The molecule has 0 spiro atoms. The number of pyridine rings is 1. The summed E-state index contributed by atoms with van der Waals surface area (Å²) in [5, 5.41) is 0. The highest BCUT2D eigenvalue weighted by Crippen LogP contribution is 2.53. The van der Waals surface area contributed by atoms with E-state index in [1.165, 1.54) is 0 Å². The highest BCUT2D eigenvalue weighted by molar-refractivity contribution is 6.71. The lowest BCUT2D eigenvalue weighted by Crippen LogP contribution is -2.35. The first-order valence-corrected chi connectivity index (χ1v) is 6.69. The van der Waals surface area contributed by atoms with E-state index in [1.807, 2.05) is 30.3 Å². The van der Waals surface area contributed by atoms with Crippen molar-refractivity contribution in [2.24, 2.45) is 0 Å². The van der Waals surface area contributed by atoms with Crippen LogP contribution in [0.5, 0.6) is 0 Å². The van der Waals surface area contributed by atoms with Gasteiger partial charge in [0, 0.05) is 18.0 Å². The zero-order valence-electron chi connectivity index (χ0n) is 9.16. The first-order valence-electron chi connectivity index (χ1n) is 5.18. The highest BCUT2D eigenvalue weighted by Gasteiger charge is 2.50. The molecule has 5 heteroatoms. The van der Waals surface area contributed by atoms with Crippen molar-refractivity contribution >= 4 is 46.4 Å². The Bertz CT molecular complexity index is 468. The molecule has 94 valence electrons. The standard InChI is InChI=1S/C13H9Cl4N/c14-12(13(15,16)17,10-5-2-1-3-6-10)11-7-4-8-18-9-11/h1-9H. The van der Waals surface area contributed by atoms with Gasteiger partial charge in [-0.1, -0.05) is 71.2 Å². The van der Waals surface area contributed by atoms with Gasteiger partial charge in [0.2, 0.25) is 3.79 Å². The Morgan fingerprint density at radius 3 is 1.89 bits per heavy atom. The topological polar surface area (TPSA) is 12.9 Å². The summed E-state index contributed by atoms with van der Waals surface area (Å²) in [5.74, 6) is 0. The average molecular weight is 321 g/mol. The molecule has 0 fully saturated rings. The SMILES string of the molecule is ClC(Cl)(Cl)C(Cl)(c1ccccc1)c1cccnc1. The summed E-state index contributed by atoms with van der Waals surface area (Å²) in [6, 6.07) is 12.8. The van der Waals surface area contributed by atoms with Crippen LogP contribution in [0.15, 0.2) is 54.9 Å². The quantitative estimate of drug-likeness (QED) is 0.715. The Kier molecular flexibility index (Phi) is 4.08. The number of aromatic nitrogens is 1. The van der Waals surface area contributed by atoms with Crippen molar-refractivity contribution in [1.82, 2.24) is 4.98 Å². The summed E-state index contributed by atoms with van der Waals surface area (Å²) in [7, 11) is 0. The lowest BCUT2D eigenvalue weighted by molar-refractivity contribution is 0.743. The minimum atomic E-state index is -1.70. The molecule has 2 aromatic rings. The third kappa shape index (κ3) is 2.46. The maximum absolute atomic E-state index is 6.63. The van der Waals surface area contributed by atoms with Gasteiger partial charge in [-0.05, 0) is 11.6 Å². The van der Waals surface area contributed by atoms with E-state index >= 15 is 0 Å². The van der Waals surface area contributed by atoms with Gasteiger partial charge in [0.1, 0.15) is 4.87 Å². The van der Waals surface area contributed by atoms with E-state index in [1.54, 1.807) is 24.5 Å². The van der Waals surface area contributed by atoms with E-state index in [4.69, 9.17) is 46.4 Å². The fraction of sp³-hybridized carbons (Fsp3) is 0.154. The molecular weight excluding hydrogens is 312 g/mol. The second kappa shape index (κ2) is 5.26. The molecule has 1 heterocycles. The normalized spacial score (nSPS) is 15.1. The lowest BCUT2D eigenvalue weighted by Gasteiger charge is -2.34. The van der Waals surface area contributed by atoms with E-state index < -0.39 is 8.67 Å². The molecular formula is C13H9Cl4N. The van der Waals surface area contributed by atoms with Gasteiger partial charge in [0.05, 0.1) is 0 Å². The predicted molar refractivity (Wildman–Crippen MR) is 77.6 cm³/mol. The van der Waals surface area contributed by atoms with Crippen LogP contribution in [0.2, 0.25) is 0 Å². The molecule has 0 aliphatic rings. The van der Waals surface area contributed by atoms with Crippen LogP contribution in [-0.2, 0) is 4.87 Å². The van der Waals surface area contributed by atoms with Crippen molar-refractivity contribution < 1.29 is 0 Å². The van der Waals surface area contributed by atoms with Crippen molar-refractivity contribution in [2.75, 3.05) is 0 Å². The van der Waals surface area contributed by atoms with Gasteiger partial charge < -0.3 is 0 Å². The number of rotatable bonds is 2. The van der Waals surface area contributed by atoms with Crippen molar-refractivity contribution in [2.45, 2.75) is 8.67 Å². The van der Waals surface area contributed by atoms with Gasteiger partial charge in [0.25, 0.3) is 0 Å². The van der Waals surface area contributed by atoms with E-state index in [2.05, 4.69) is 4.98 Å². The molecule has 0 N–H and O–H groups in total. The van der Waals surface area contributed by atoms with E-state index in [0.29, 0.717) is 11.1 Å². The molecule has 0 amide bonds. The molecule has 0 bridgehead atoms. The first-order chi connectivity index (χ1) is 8.46. The zero-order valence-corrected chi connectivity index (χ0v) is 12.2. The third-order valence-corrected chi connectivity index (χ3v) is 4.48. The van der Waals surface area contributed by atoms with Gasteiger partial charge >= 0.3 is 0 Å². The maximum Gasteiger partial charge on any atom is 0.217 e. The van der Waals surface area contributed by atoms with Crippen LogP contribution in [0.1, 0.15) is 11.1 Å². The van der Waals surface area contributed by atoms with Crippen LogP contribution < -0.4 is 0 Å². The summed E-state index contributed by atoms with van der Waals surface area (Å²) in [6.07, 6.45) is 3.24. The Balaban J connectivity index is 2.63. The predicted octanol–water partition coefficient (Wildman–Crippen LogP) is 4.93. The fourth-order valence-electron chi connectivity index (χ4n) is 1.73. The Morgan fingerprint density at radius 1 is 0.778 bits per heavy atom. The molecule has 0 aliphatic heterocycles. The Morgan fingerprint density at radius 2 is 1.39 bits per heavy atom. The van der Waals surface area contributed by atoms with Gasteiger partial charge in [-0.15, -0.1) is 11.6 Å². The minimum Gasteiger partial charge on any atom is -0.264 e. The monoisotopic (exact) mass is 319 g/mol. The molecule has 1 unspecified atom stereocenters. The van der Waals surface area contributed by atoms with Crippen LogP contribution in [-0.4, -0.2) is 8.78 Å². The van der Waals surface area contributed by atoms with Gasteiger partial charge in [0.15, 0.2) is 0 Å². The van der Waals surface area contributed by atoms with Gasteiger partial charge in [-0.3, -0.25) is 4.98 Å². The second-order valence-electron chi connectivity index (χ2n) is 3.76. The van der Waals surface area contributed by atoms with Crippen molar-refractivity contribution in [3.63, 3.8) is 0 Å². The lowest BCUT2D eigenvalue weighted by atomic mass is 9.93. The van der Waals surface area contributed by atoms with E-state index in [-0.39, 0.29) is 0 Å². The summed E-state index contributed by atoms with van der Waals surface area (Å²) in [6.45, 7) is 0. The molecule has 1 aromatic heterocycles. The molecule has 0 saturated heterocycles. The summed E-state index contributed by atoms with van der Waals surface area (Å²) >= 11 is 24.9. The molecule has 0 saturated carbocycles. The van der Waals surface area contributed by atoms with Crippen LogP contribution in [0.25, 0.3) is 0 Å². The zero-order chi connectivity index (χ0) is 13.2. The smallest absolute Gasteiger partial charge is 0.217 e. The Hall–Kier alpha value is -0.470. The van der Waals surface area contributed by atoms with Crippen molar-refractivity contribution in [3.8, 4) is 0 Å². The fourth-order valence-corrected chi connectivity index (χ4v) is 2.62. The molecule has 0 aliphatic carbocycles. The largest absolute Gasteiger partial charge is 0.264 e. The van der Waals surface area contributed by atoms with Crippen LogP contribution >= 0.6 is 46.4 Å². The molecule has 2 rings (SSSR count). The molecule has 18 heavy (non-hydrogen) atoms. The number of alkyl halides is 4. The summed E-state index contributed by atoms with van der Waals surface area (Å²) in [4.78, 5) is 2.76. The van der Waals surface area contributed by atoms with Crippen LogP contribution in [0.3, 0.4) is 0 Å². The van der Waals surface area contributed by atoms with E-state index in [0.717, 1.165) is 0 Å². The number of benzene rings is 1. The second-order valence-corrected chi connectivity index (χ2v) is 6.61. The molecule has 0 radical (unpaired) electrons. The van der Waals surface area contributed by atoms with Crippen LogP contribution in [0, 0.1) is 0 Å². The number of hydrogen-bond donors (Lipinski definition) is 0.